The molecule has 0 saturated heterocycles. The summed E-state index contributed by atoms with van der Waals surface area (Å²) in [5.41, 5.74) is 7.90. The van der Waals surface area contributed by atoms with Crippen LogP contribution < -0.4 is 0 Å². The summed E-state index contributed by atoms with van der Waals surface area (Å²) in [7, 11) is 0. The van der Waals surface area contributed by atoms with E-state index in [-0.39, 0.29) is 5.78 Å². The minimum atomic E-state index is 0.0306. The zero-order chi connectivity index (χ0) is 21.8. The fraction of sp³-hybridized carbons (Fsp3) is 0. The van der Waals surface area contributed by atoms with Gasteiger partial charge in [-0.15, -0.1) is 0 Å². The fourth-order valence-electron chi connectivity index (χ4n) is 4.20. The third-order valence-corrected chi connectivity index (χ3v) is 5.71. The van der Waals surface area contributed by atoms with Crippen LogP contribution in [0.3, 0.4) is 0 Å². The zero-order valence-electron chi connectivity index (χ0n) is 17.6. The van der Waals surface area contributed by atoms with E-state index in [4.69, 9.17) is 0 Å². The van der Waals surface area contributed by atoms with Crippen LogP contribution in [0.25, 0.3) is 33.4 Å². The molecule has 0 unspecified atom stereocenters. The molecular formula is C31H22O. The number of hydrogen-bond donors (Lipinski definition) is 0. The Morgan fingerprint density at radius 2 is 0.844 bits per heavy atom. The molecule has 5 rings (SSSR count). The Morgan fingerprint density at radius 1 is 0.406 bits per heavy atom. The second-order valence-electron chi connectivity index (χ2n) is 7.70. The van der Waals surface area contributed by atoms with Crippen LogP contribution in [0.2, 0.25) is 0 Å². The van der Waals surface area contributed by atoms with E-state index in [0.717, 1.165) is 33.4 Å². The summed E-state index contributed by atoms with van der Waals surface area (Å²) in [6.07, 6.45) is 0. The first-order valence-corrected chi connectivity index (χ1v) is 10.8. The quantitative estimate of drug-likeness (QED) is 0.269. The second-order valence-corrected chi connectivity index (χ2v) is 7.70. The molecule has 0 fully saturated rings. The van der Waals surface area contributed by atoms with Gasteiger partial charge < -0.3 is 0 Å². The van der Waals surface area contributed by atoms with E-state index in [1.54, 1.807) is 0 Å². The summed E-state index contributed by atoms with van der Waals surface area (Å²) in [6, 6.07) is 44.5. The summed E-state index contributed by atoms with van der Waals surface area (Å²) in [5, 5.41) is 0. The van der Waals surface area contributed by atoms with Crippen LogP contribution in [-0.2, 0) is 0 Å². The molecule has 5 aromatic carbocycles. The molecule has 0 radical (unpaired) electrons. The van der Waals surface area contributed by atoms with Gasteiger partial charge >= 0.3 is 0 Å². The summed E-state index contributed by atoms with van der Waals surface area (Å²) in [6.45, 7) is 0. The third-order valence-electron chi connectivity index (χ3n) is 5.71. The van der Waals surface area contributed by atoms with Crippen molar-refractivity contribution < 1.29 is 4.79 Å². The summed E-state index contributed by atoms with van der Waals surface area (Å²) in [5.74, 6) is 0.0306. The SMILES string of the molecule is O=C(c1ccccc1)c1ccccc1-c1c(-c2ccccc2)cccc1-c1ccccc1. The van der Waals surface area contributed by atoms with Gasteiger partial charge in [-0.05, 0) is 33.4 Å². The maximum absolute atomic E-state index is 13.5. The van der Waals surface area contributed by atoms with Crippen molar-refractivity contribution in [2.75, 3.05) is 0 Å². The van der Waals surface area contributed by atoms with Gasteiger partial charge in [-0.1, -0.05) is 133 Å². The van der Waals surface area contributed by atoms with Crippen molar-refractivity contribution in [1.82, 2.24) is 0 Å². The Balaban J connectivity index is 1.80. The lowest BCUT2D eigenvalue weighted by Gasteiger charge is -2.18. The standard InChI is InChI=1S/C31H22O/c32-31(25-17-8-3-9-18-25)29-20-11-10-19-28(29)30-26(23-13-4-1-5-14-23)21-12-22-27(30)24-15-6-2-7-16-24/h1-22H. The highest BCUT2D eigenvalue weighted by molar-refractivity contribution is 6.14. The summed E-state index contributed by atoms with van der Waals surface area (Å²) < 4.78 is 0. The number of ketones is 1. The molecule has 0 aliphatic heterocycles. The maximum atomic E-state index is 13.5. The van der Waals surface area contributed by atoms with Crippen molar-refractivity contribution >= 4 is 5.78 Å². The molecule has 0 N–H and O–H groups in total. The van der Waals surface area contributed by atoms with Crippen molar-refractivity contribution in [2.45, 2.75) is 0 Å². The molecule has 0 aromatic heterocycles. The molecule has 0 aliphatic carbocycles. The average Bonchev–Trinajstić information content (AvgIpc) is 2.89. The maximum Gasteiger partial charge on any atom is 0.193 e. The van der Waals surface area contributed by atoms with Gasteiger partial charge in [0.15, 0.2) is 5.78 Å². The minimum absolute atomic E-state index is 0.0306. The number of carbonyl (C=O) groups is 1. The molecule has 0 heterocycles. The van der Waals surface area contributed by atoms with Gasteiger partial charge in [0.2, 0.25) is 0 Å². The lowest BCUT2D eigenvalue weighted by atomic mass is 9.84. The smallest absolute Gasteiger partial charge is 0.193 e. The van der Waals surface area contributed by atoms with Gasteiger partial charge in [-0.2, -0.15) is 0 Å². The Morgan fingerprint density at radius 3 is 1.41 bits per heavy atom. The summed E-state index contributed by atoms with van der Waals surface area (Å²) >= 11 is 0. The molecule has 1 heteroatoms. The highest BCUT2D eigenvalue weighted by atomic mass is 16.1. The fourth-order valence-corrected chi connectivity index (χ4v) is 4.20. The minimum Gasteiger partial charge on any atom is -0.289 e. The Kier molecular flexibility index (Phi) is 5.47. The Labute approximate surface area is 188 Å². The highest BCUT2D eigenvalue weighted by Gasteiger charge is 2.20. The van der Waals surface area contributed by atoms with E-state index in [9.17, 15) is 4.79 Å². The predicted octanol–water partition coefficient (Wildman–Crippen LogP) is 7.92. The molecule has 152 valence electrons. The first-order chi connectivity index (χ1) is 15.8. The molecule has 0 saturated carbocycles. The van der Waals surface area contributed by atoms with Crippen LogP contribution in [0.5, 0.6) is 0 Å². The van der Waals surface area contributed by atoms with Crippen LogP contribution in [0.1, 0.15) is 15.9 Å². The van der Waals surface area contributed by atoms with E-state index >= 15 is 0 Å². The lowest BCUT2D eigenvalue weighted by molar-refractivity contribution is 0.103. The highest BCUT2D eigenvalue weighted by Crippen LogP contribution is 2.41. The van der Waals surface area contributed by atoms with Gasteiger partial charge in [-0.25, -0.2) is 0 Å². The van der Waals surface area contributed by atoms with Crippen molar-refractivity contribution in [3.63, 3.8) is 0 Å². The molecule has 1 nitrogen and oxygen atoms in total. The van der Waals surface area contributed by atoms with Gasteiger partial charge in [0.25, 0.3) is 0 Å². The van der Waals surface area contributed by atoms with Crippen LogP contribution >= 0.6 is 0 Å². The van der Waals surface area contributed by atoms with E-state index in [1.807, 2.05) is 60.7 Å². The first kappa shape index (κ1) is 19.7. The molecule has 0 aliphatic rings. The molecule has 0 amide bonds. The predicted molar refractivity (Wildman–Crippen MR) is 133 cm³/mol. The average molecular weight is 411 g/mol. The Bertz CT molecular complexity index is 1300. The molecule has 0 spiro atoms. The number of carbonyl (C=O) groups excluding carboxylic acids is 1. The molecule has 0 atom stereocenters. The monoisotopic (exact) mass is 410 g/mol. The second kappa shape index (κ2) is 8.87. The topological polar surface area (TPSA) is 17.1 Å². The summed E-state index contributed by atoms with van der Waals surface area (Å²) in [4.78, 5) is 13.5. The van der Waals surface area contributed by atoms with Crippen LogP contribution in [0, 0.1) is 0 Å². The van der Waals surface area contributed by atoms with Crippen molar-refractivity contribution in [1.29, 1.82) is 0 Å². The van der Waals surface area contributed by atoms with Gasteiger partial charge in [0, 0.05) is 11.1 Å². The Hall–Kier alpha value is -4.23. The normalized spacial score (nSPS) is 10.6. The van der Waals surface area contributed by atoms with Gasteiger partial charge in [0.05, 0.1) is 0 Å². The van der Waals surface area contributed by atoms with Crippen molar-refractivity contribution in [3.8, 4) is 33.4 Å². The van der Waals surface area contributed by atoms with Gasteiger partial charge in [-0.3, -0.25) is 4.79 Å². The van der Waals surface area contributed by atoms with E-state index < -0.39 is 0 Å². The van der Waals surface area contributed by atoms with E-state index in [1.165, 1.54) is 0 Å². The largest absolute Gasteiger partial charge is 0.289 e. The van der Waals surface area contributed by atoms with E-state index in [2.05, 4.69) is 72.8 Å². The number of hydrogen-bond acceptors (Lipinski definition) is 1. The molecular weight excluding hydrogens is 388 g/mol. The zero-order valence-corrected chi connectivity index (χ0v) is 17.6. The van der Waals surface area contributed by atoms with E-state index in [0.29, 0.717) is 11.1 Å². The van der Waals surface area contributed by atoms with Crippen molar-refractivity contribution in [3.05, 3.63) is 145 Å². The lowest BCUT2D eigenvalue weighted by Crippen LogP contribution is -2.04. The number of rotatable bonds is 5. The number of benzene rings is 5. The van der Waals surface area contributed by atoms with Crippen LogP contribution in [0.4, 0.5) is 0 Å². The molecule has 32 heavy (non-hydrogen) atoms. The third kappa shape index (κ3) is 3.77. The molecule has 0 bridgehead atoms. The van der Waals surface area contributed by atoms with Gasteiger partial charge in [0.1, 0.15) is 0 Å². The van der Waals surface area contributed by atoms with Crippen molar-refractivity contribution in [2.24, 2.45) is 0 Å². The first-order valence-electron chi connectivity index (χ1n) is 10.8. The van der Waals surface area contributed by atoms with Crippen LogP contribution in [0.15, 0.2) is 133 Å². The molecule has 5 aromatic rings. The van der Waals surface area contributed by atoms with Crippen LogP contribution in [-0.4, -0.2) is 5.78 Å².